The molecule has 0 fully saturated rings. The van der Waals surface area contributed by atoms with Crippen molar-refractivity contribution >= 4 is 21.4 Å². The first-order valence-electron chi connectivity index (χ1n) is 5.77. The molecule has 1 aromatic rings. The van der Waals surface area contributed by atoms with Gasteiger partial charge in [-0.15, -0.1) is 11.3 Å². The van der Waals surface area contributed by atoms with Crippen molar-refractivity contribution in [2.45, 2.75) is 44.2 Å². The van der Waals surface area contributed by atoms with Gasteiger partial charge in [0.15, 0.2) is 0 Å². The molecule has 1 aromatic heterocycles. The van der Waals surface area contributed by atoms with Crippen LogP contribution in [-0.4, -0.2) is 21.5 Å². The first-order valence-corrected chi connectivity index (χ1v) is 8.14. The maximum Gasteiger partial charge on any atom is 0.241 e. The Labute approximate surface area is 107 Å². The zero-order valence-corrected chi connectivity index (χ0v) is 12.1. The third-order valence-corrected chi connectivity index (χ3v) is 5.18. The Morgan fingerprint density at radius 2 is 2.00 bits per heavy atom. The van der Waals surface area contributed by atoms with E-state index in [4.69, 9.17) is 0 Å². The summed E-state index contributed by atoms with van der Waals surface area (Å²) in [6.07, 6.45) is 1.62. The molecular weight excluding hydrogens is 256 g/mol. The van der Waals surface area contributed by atoms with Crippen LogP contribution in [-0.2, 0) is 16.6 Å². The first-order chi connectivity index (χ1) is 8.03. The van der Waals surface area contributed by atoms with Crippen LogP contribution in [0.3, 0.4) is 0 Å². The van der Waals surface area contributed by atoms with Crippen LogP contribution < -0.4 is 10.0 Å². The molecule has 0 radical (unpaired) electrons. The molecule has 6 heteroatoms. The molecule has 0 aliphatic rings. The Morgan fingerprint density at radius 3 is 2.53 bits per heavy atom. The van der Waals surface area contributed by atoms with Crippen LogP contribution in [0.15, 0.2) is 16.3 Å². The minimum atomic E-state index is -3.35. The van der Waals surface area contributed by atoms with Gasteiger partial charge in [0.05, 0.1) is 4.90 Å². The van der Waals surface area contributed by atoms with Crippen molar-refractivity contribution < 1.29 is 8.42 Å². The lowest BCUT2D eigenvalue weighted by atomic mass is 10.2. The number of thiophene rings is 1. The standard InChI is InChI=1S/C11H20N2O2S2/c1-4-9(5-2)13-17(14,15)11-6-10(7-12-3)16-8-11/h6,8-9,12-13H,4-5,7H2,1-3H3. The maximum absolute atomic E-state index is 12.1. The van der Waals surface area contributed by atoms with Gasteiger partial charge in [-0.25, -0.2) is 13.1 Å². The summed E-state index contributed by atoms with van der Waals surface area (Å²) in [5.41, 5.74) is 0. The number of nitrogens with one attached hydrogen (secondary N) is 2. The number of hydrogen-bond donors (Lipinski definition) is 2. The second-order valence-electron chi connectivity index (χ2n) is 3.91. The van der Waals surface area contributed by atoms with Crippen LogP contribution in [0, 0.1) is 0 Å². The quantitative estimate of drug-likeness (QED) is 0.800. The van der Waals surface area contributed by atoms with E-state index in [0.717, 1.165) is 17.7 Å². The fourth-order valence-corrected chi connectivity index (χ4v) is 4.20. The Bertz CT molecular complexity index is 436. The Kier molecular flexibility index (Phi) is 5.58. The lowest BCUT2D eigenvalue weighted by molar-refractivity contribution is 0.530. The minimum Gasteiger partial charge on any atom is -0.315 e. The second kappa shape index (κ2) is 6.49. The predicted molar refractivity (Wildman–Crippen MR) is 71.8 cm³/mol. The van der Waals surface area contributed by atoms with E-state index in [-0.39, 0.29) is 6.04 Å². The average molecular weight is 276 g/mol. The summed E-state index contributed by atoms with van der Waals surface area (Å²) >= 11 is 1.46. The van der Waals surface area contributed by atoms with E-state index in [1.807, 2.05) is 20.9 Å². The van der Waals surface area contributed by atoms with Crippen LogP contribution in [0.2, 0.25) is 0 Å². The van der Waals surface area contributed by atoms with E-state index in [1.165, 1.54) is 11.3 Å². The largest absolute Gasteiger partial charge is 0.315 e. The molecule has 0 aromatic carbocycles. The van der Waals surface area contributed by atoms with Gasteiger partial charge in [-0.05, 0) is 26.0 Å². The molecule has 0 aliphatic carbocycles. The smallest absolute Gasteiger partial charge is 0.241 e. The number of sulfonamides is 1. The zero-order chi connectivity index (χ0) is 12.9. The van der Waals surface area contributed by atoms with Gasteiger partial charge >= 0.3 is 0 Å². The molecule has 0 saturated heterocycles. The molecule has 0 aliphatic heterocycles. The third-order valence-electron chi connectivity index (χ3n) is 2.60. The lowest BCUT2D eigenvalue weighted by Gasteiger charge is -2.13. The van der Waals surface area contributed by atoms with Crippen LogP contribution in [0.5, 0.6) is 0 Å². The number of hydrogen-bond acceptors (Lipinski definition) is 4. The van der Waals surface area contributed by atoms with Gasteiger partial charge in [0, 0.05) is 22.8 Å². The van der Waals surface area contributed by atoms with Crippen molar-refractivity contribution in [3.05, 3.63) is 16.3 Å². The van der Waals surface area contributed by atoms with Crippen molar-refractivity contribution in [3.63, 3.8) is 0 Å². The fraction of sp³-hybridized carbons (Fsp3) is 0.636. The average Bonchev–Trinajstić information content (AvgIpc) is 2.76. The minimum absolute atomic E-state index is 0.0210. The first kappa shape index (κ1) is 14.6. The van der Waals surface area contributed by atoms with E-state index in [0.29, 0.717) is 11.4 Å². The predicted octanol–water partition coefficient (Wildman–Crippen LogP) is 1.93. The van der Waals surface area contributed by atoms with Crippen LogP contribution in [0.25, 0.3) is 0 Å². The topological polar surface area (TPSA) is 58.2 Å². The van der Waals surface area contributed by atoms with Gasteiger partial charge in [-0.1, -0.05) is 13.8 Å². The molecule has 0 bridgehead atoms. The van der Waals surface area contributed by atoms with Crippen molar-refractivity contribution in [2.75, 3.05) is 7.05 Å². The Morgan fingerprint density at radius 1 is 1.35 bits per heavy atom. The Hall–Kier alpha value is -0.430. The van der Waals surface area contributed by atoms with Gasteiger partial charge in [0.25, 0.3) is 0 Å². The van der Waals surface area contributed by atoms with Crippen molar-refractivity contribution in [1.29, 1.82) is 0 Å². The third kappa shape index (κ3) is 4.06. The monoisotopic (exact) mass is 276 g/mol. The molecule has 1 rings (SSSR count). The highest BCUT2D eigenvalue weighted by molar-refractivity contribution is 7.89. The van der Waals surface area contributed by atoms with Crippen LogP contribution in [0.4, 0.5) is 0 Å². The van der Waals surface area contributed by atoms with Crippen LogP contribution in [0.1, 0.15) is 31.6 Å². The molecule has 0 spiro atoms. The van der Waals surface area contributed by atoms with E-state index in [2.05, 4.69) is 10.0 Å². The van der Waals surface area contributed by atoms with Crippen molar-refractivity contribution in [2.24, 2.45) is 0 Å². The van der Waals surface area contributed by atoms with Gasteiger partial charge < -0.3 is 5.32 Å². The summed E-state index contributed by atoms with van der Waals surface area (Å²) in [6.45, 7) is 4.67. The highest BCUT2D eigenvalue weighted by Gasteiger charge is 2.19. The Balaban J connectivity index is 2.81. The summed E-state index contributed by atoms with van der Waals surface area (Å²) in [4.78, 5) is 1.40. The zero-order valence-electron chi connectivity index (χ0n) is 10.5. The van der Waals surface area contributed by atoms with Gasteiger partial charge in [0.2, 0.25) is 10.0 Å². The van der Waals surface area contributed by atoms with E-state index in [9.17, 15) is 8.42 Å². The second-order valence-corrected chi connectivity index (χ2v) is 6.62. The summed E-state index contributed by atoms with van der Waals surface area (Å²) in [7, 11) is -1.50. The summed E-state index contributed by atoms with van der Waals surface area (Å²) in [6, 6.07) is 1.75. The highest BCUT2D eigenvalue weighted by Crippen LogP contribution is 2.19. The molecule has 17 heavy (non-hydrogen) atoms. The SMILES string of the molecule is CCC(CC)NS(=O)(=O)c1csc(CNC)c1. The molecule has 1 heterocycles. The molecule has 0 unspecified atom stereocenters. The molecule has 98 valence electrons. The maximum atomic E-state index is 12.1. The molecule has 0 atom stereocenters. The van der Waals surface area contributed by atoms with Crippen molar-refractivity contribution in [3.8, 4) is 0 Å². The van der Waals surface area contributed by atoms with Crippen molar-refractivity contribution in [1.82, 2.24) is 10.0 Å². The van der Waals surface area contributed by atoms with Crippen LogP contribution >= 0.6 is 11.3 Å². The fourth-order valence-electron chi connectivity index (χ4n) is 1.51. The van der Waals surface area contributed by atoms with Gasteiger partial charge in [-0.3, -0.25) is 0 Å². The van der Waals surface area contributed by atoms with Gasteiger partial charge in [0.1, 0.15) is 0 Å². The summed E-state index contributed by atoms with van der Waals surface area (Å²) in [5.74, 6) is 0. The van der Waals surface area contributed by atoms with Gasteiger partial charge in [-0.2, -0.15) is 0 Å². The molecule has 2 N–H and O–H groups in total. The van der Waals surface area contributed by atoms with E-state index < -0.39 is 10.0 Å². The molecule has 0 saturated carbocycles. The highest BCUT2D eigenvalue weighted by atomic mass is 32.2. The molecule has 4 nitrogen and oxygen atoms in total. The summed E-state index contributed by atoms with van der Waals surface area (Å²) < 4.78 is 26.8. The lowest BCUT2D eigenvalue weighted by Crippen LogP contribution is -2.33. The normalized spacial score (nSPS) is 12.2. The molecular formula is C11H20N2O2S2. The molecule has 0 amide bonds. The summed E-state index contributed by atoms with van der Waals surface area (Å²) in [5, 5.41) is 4.70. The van der Waals surface area contributed by atoms with E-state index in [1.54, 1.807) is 11.4 Å². The number of rotatable bonds is 7. The van der Waals surface area contributed by atoms with E-state index >= 15 is 0 Å².